The molecule has 2 aliphatic rings. The molecule has 5 nitrogen and oxygen atoms in total. The number of hydrogen-bond acceptors (Lipinski definition) is 4. The number of pyridine rings is 1. The van der Waals surface area contributed by atoms with E-state index < -0.39 is 0 Å². The molecule has 0 radical (unpaired) electrons. The third kappa shape index (κ3) is 4.89. The topological polar surface area (TPSA) is 37.2 Å². The van der Waals surface area contributed by atoms with E-state index in [1.165, 1.54) is 49.3 Å². The van der Waals surface area contributed by atoms with E-state index in [9.17, 15) is 0 Å². The predicted molar refractivity (Wildman–Crippen MR) is 124 cm³/mol. The SMILES string of the molecule is c1ccc(CCN2CCC(C3c4nccn4CCCN3Cc3cccnc3)CC2)cc1. The van der Waals surface area contributed by atoms with Crippen LogP contribution in [0.15, 0.2) is 67.3 Å². The van der Waals surface area contributed by atoms with Crippen LogP contribution >= 0.6 is 0 Å². The standard InChI is InChI=1S/C26H33N5/c1-2-6-22(7-3-1)9-16-29-17-10-24(11-18-29)25-26-28-13-19-30(26)14-5-15-31(25)21-23-8-4-12-27-20-23/h1-4,6-8,12-13,19-20,24-25H,5,9-11,14-18,21H2. The number of rotatable bonds is 6. The lowest BCUT2D eigenvalue weighted by atomic mass is 9.87. The van der Waals surface area contributed by atoms with Gasteiger partial charge in [-0.15, -0.1) is 0 Å². The summed E-state index contributed by atoms with van der Waals surface area (Å²) in [6.45, 7) is 6.70. The molecule has 0 bridgehead atoms. The van der Waals surface area contributed by atoms with Crippen LogP contribution in [0.25, 0.3) is 0 Å². The summed E-state index contributed by atoms with van der Waals surface area (Å²) >= 11 is 0. The van der Waals surface area contributed by atoms with E-state index in [4.69, 9.17) is 4.98 Å². The van der Waals surface area contributed by atoms with E-state index in [0.717, 1.165) is 32.6 Å². The van der Waals surface area contributed by atoms with Crippen LogP contribution in [0.2, 0.25) is 0 Å². The molecule has 0 aliphatic carbocycles. The number of aryl methyl sites for hydroxylation is 1. The van der Waals surface area contributed by atoms with Gasteiger partial charge in [-0.1, -0.05) is 36.4 Å². The summed E-state index contributed by atoms with van der Waals surface area (Å²) in [5.74, 6) is 1.92. The third-order valence-corrected chi connectivity index (χ3v) is 7.00. The first-order valence-electron chi connectivity index (χ1n) is 11.8. The Hall–Kier alpha value is -2.50. The van der Waals surface area contributed by atoms with Crippen LogP contribution in [-0.2, 0) is 19.5 Å². The largest absolute Gasteiger partial charge is 0.334 e. The molecule has 5 rings (SSSR count). The van der Waals surface area contributed by atoms with Crippen molar-refractivity contribution in [3.05, 3.63) is 84.2 Å². The zero-order valence-electron chi connectivity index (χ0n) is 18.3. The van der Waals surface area contributed by atoms with Crippen molar-refractivity contribution >= 4 is 0 Å². The zero-order chi connectivity index (χ0) is 20.9. The van der Waals surface area contributed by atoms with E-state index in [1.54, 1.807) is 0 Å². The van der Waals surface area contributed by atoms with Crippen molar-refractivity contribution in [3.63, 3.8) is 0 Å². The Labute approximate surface area is 185 Å². The molecule has 2 aromatic heterocycles. The molecule has 1 fully saturated rings. The molecule has 5 heteroatoms. The second kappa shape index (κ2) is 9.75. The van der Waals surface area contributed by atoms with E-state index in [0.29, 0.717) is 12.0 Å². The number of fused-ring (bicyclic) bond motifs is 1. The maximum atomic E-state index is 4.85. The Morgan fingerprint density at radius 1 is 0.871 bits per heavy atom. The molecule has 1 atom stereocenters. The van der Waals surface area contributed by atoms with Gasteiger partial charge in [0.15, 0.2) is 0 Å². The Kier molecular flexibility index (Phi) is 6.42. The highest BCUT2D eigenvalue weighted by molar-refractivity contribution is 5.15. The average molecular weight is 416 g/mol. The molecule has 0 amide bonds. The highest BCUT2D eigenvalue weighted by atomic mass is 15.2. The van der Waals surface area contributed by atoms with Gasteiger partial charge in [-0.05, 0) is 61.9 Å². The van der Waals surface area contributed by atoms with Crippen molar-refractivity contribution in [3.8, 4) is 0 Å². The highest BCUT2D eigenvalue weighted by Crippen LogP contribution is 2.37. The summed E-state index contributed by atoms with van der Waals surface area (Å²) in [4.78, 5) is 14.5. The van der Waals surface area contributed by atoms with Crippen LogP contribution in [0.1, 0.15) is 42.3 Å². The van der Waals surface area contributed by atoms with Crippen molar-refractivity contribution in [2.75, 3.05) is 26.2 Å². The van der Waals surface area contributed by atoms with Crippen molar-refractivity contribution < 1.29 is 0 Å². The zero-order valence-corrected chi connectivity index (χ0v) is 18.3. The Morgan fingerprint density at radius 3 is 2.52 bits per heavy atom. The summed E-state index contributed by atoms with van der Waals surface area (Å²) in [6.07, 6.45) is 12.9. The fraction of sp³-hybridized carbons (Fsp3) is 0.462. The van der Waals surface area contributed by atoms with Gasteiger partial charge < -0.3 is 9.47 Å². The van der Waals surface area contributed by atoms with E-state index in [1.807, 2.05) is 24.7 Å². The molecule has 4 heterocycles. The summed E-state index contributed by atoms with van der Waals surface area (Å²) in [5, 5.41) is 0. The summed E-state index contributed by atoms with van der Waals surface area (Å²) in [7, 11) is 0. The number of aromatic nitrogens is 3. The quantitative estimate of drug-likeness (QED) is 0.605. The molecule has 2 aliphatic heterocycles. The van der Waals surface area contributed by atoms with Gasteiger partial charge in [0, 0.05) is 51.0 Å². The summed E-state index contributed by atoms with van der Waals surface area (Å²) in [6, 6.07) is 15.5. The Bertz CT molecular complexity index is 931. The molecule has 0 spiro atoms. The van der Waals surface area contributed by atoms with Crippen molar-refractivity contribution in [1.29, 1.82) is 0 Å². The van der Waals surface area contributed by atoms with Gasteiger partial charge in [0.1, 0.15) is 5.82 Å². The molecule has 1 unspecified atom stereocenters. The molecule has 1 saturated heterocycles. The minimum absolute atomic E-state index is 0.397. The lowest BCUT2D eigenvalue weighted by Gasteiger charge is -2.40. The van der Waals surface area contributed by atoms with Crippen molar-refractivity contribution in [2.24, 2.45) is 5.92 Å². The summed E-state index contributed by atoms with van der Waals surface area (Å²) < 4.78 is 2.40. The summed E-state index contributed by atoms with van der Waals surface area (Å²) in [5.41, 5.74) is 2.74. The van der Waals surface area contributed by atoms with Gasteiger partial charge in [0.25, 0.3) is 0 Å². The van der Waals surface area contributed by atoms with Crippen LogP contribution in [0.5, 0.6) is 0 Å². The maximum absolute atomic E-state index is 4.85. The third-order valence-electron chi connectivity index (χ3n) is 7.00. The van der Waals surface area contributed by atoms with Gasteiger partial charge in [-0.25, -0.2) is 4.98 Å². The van der Waals surface area contributed by atoms with Crippen LogP contribution in [0.3, 0.4) is 0 Å². The van der Waals surface area contributed by atoms with Gasteiger partial charge in [-0.2, -0.15) is 0 Å². The molecular weight excluding hydrogens is 382 g/mol. The lowest BCUT2D eigenvalue weighted by Crippen LogP contribution is -2.41. The van der Waals surface area contributed by atoms with Gasteiger partial charge >= 0.3 is 0 Å². The minimum atomic E-state index is 0.397. The van der Waals surface area contributed by atoms with Crippen LogP contribution < -0.4 is 0 Å². The smallest absolute Gasteiger partial charge is 0.126 e. The first-order valence-corrected chi connectivity index (χ1v) is 11.8. The number of benzene rings is 1. The van der Waals surface area contributed by atoms with Crippen molar-refractivity contribution in [1.82, 2.24) is 24.3 Å². The fourth-order valence-corrected chi connectivity index (χ4v) is 5.36. The van der Waals surface area contributed by atoms with Gasteiger partial charge in [0.05, 0.1) is 6.04 Å². The van der Waals surface area contributed by atoms with Crippen LogP contribution in [0, 0.1) is 5.92 Å². The van der Waals surface area contributed by atoms with Gasteiger partial charge in [0.2, 0.25) is 0 Å². The maximum Gasteiger partial charge on any atom is 0.126 e. The molecule has 31 heavy (non-hydrogen) atoms. The second-order valence-electron chi connectivity index (χ2n) is 9.02. The first kappa shape index (κ1) is 20.4. The average Bonchev–Trinajstić information content (AvgIpc) is 3.21. The number of likely N-dealkylation sites (tertiary alicyclic amines) is 1. The number of hydrogen-bond donors (Lipinski definition) is 0. The van der Waals surface area contributed by atoms with Crippen LogP contribution in [-0.4, -0.2) is 50.5 Å². The first-order chi connectivity index (χ1) is 15.4. The van der Waals surface area contributed by atoms with E-state index in [2.05, 4.69) is 61.9 Å². The monoisotopic (exact) mass is 415 g/mol. The number of imidazole rings is 1. The molecule has 0 saturated carbocycles. The lowest BCUT2D eigenvalue weighted by molar-refractivity contribution is 0.0797. The molecule has 3 aromatic rings. The molecule has 1 aromatic carbocycles. The minimum Gasteiger partial charge on any atom is -0.334 e. The molecule has 162 valence electrons. The normalized spacial score (nSPS) is 21.0. The number of piperidine rings is 1. The van der Waals surface area contributed by atoms with E-state index in [-0.39, 0.29) is 0 Å². The highest BCUT2D eigenvalue weighted by Gasteiger charge is 2.35. The Morgan fingerprint density at radius 2 is 1.71 bits per heavy atom. The van der Waals surface area contributed by atoms with Gasteiger partial charge in [-0.3, -0.25) is 9.88 Å². The molecule has 0 N–H and O–H groups in total. The fourth-order valence-electron chi connectivity index (χ4n) is 5.36. The van der Waals surface area contributed by atoms with E-state index >= 15 is 0 Å². The molecular formula is C26H33N5. The van der Waals surface area contributed by atoms with Crippen LogP contribution in [0.4, 0.5) is 0 Å². The Balaban J connectivity index is 1.27. The predicted octanol–water partition coefficient (Wildman–Crippen LogP) is 4.18. The second-order valence-corrected chi connectivity index (χ2v) is 9.02. The van der Waals surface area contributed by atoms with Crippen molar-refractivity contribution in [2.45, 2.75) is 44.8 Å². The number of nitrogens with zero attached hydrogens (tertiary/aromatic N) is 5.